The molecular weight excluding hydrogens is 284 g/mol. The summed E-state index contributed by atoms with van der Waals surface area (Å²) in [6.45, 7) is 6.70. The zero-order chi connectivity index (χ0) is 16.4. The van der Waals surface area contributed by atoms with E-state index in [1.165, 1.54) is 44.9 Å². The van der Waals surface area contributed by atoms with Crippen molar-refractivity contribution < 1.29 is 9.90 Å². The molecular formula is C21H34O2. The summed E-state index contributed by atoms with van der Waals surface area (Å²) in [5, 5.41) is 11.1. The highest BCUT2D eigenvalue weighted by molar-refractivity contribution is 5.79. The quantitative estimate of drug-likeness (QED) is 0.767. The van der Waals surface area contributed by atoms with Crippen LogP contribution in [0, 0.1) is 40.4 Å². The van der Waals surface area contributed by atoms with Crippen LogP contribution in [-0.2, 0) is 4.79 Å². The zero-order valence-electron chi connectivity index (χ0n) is 15.2. The molecule has 0 heterocycles. The van der Waals surface area contributed by atoms with E-state index in [0.29, 0.717) is 29.0 Å². The first-order chi connectivity index (χ1) is 10.9. The van der Waals surface area contributed by atoms with Gasteiger partial charge in [-0.15, -0.1) is 0 Å². The van der Waals surface area contributed by atoms with Crippen LogP contribution in [0.4, 0.5) is 0 Å². The molecule has 0 saturated heterocycles. The van der Waals surface area contributed by atoms with Crippen LogP contribution in [0.25, 0.3) is 0 Å². The van der Waals surface area contributed by atoms with Crippen LogP contribution in [0.15, 0.2) is 0 Å². The van der Waals surface area contributed by atoms with Crippen molar-refractivity contribution in [1.29, 1.82) is 0 Å². The summed E-state index contributed by atoms with van der Waals surface area (Å²) in [6.07, 6.45) is 11.0. The molecule has 0 aromatic rings. The number of rotatable bonds is 1. The van der Waals surface area contributed by atoms with Crippen molar-refractivity contribution in [2.75, 3.05) is 0 Å². The number of ketones is 1. The Labute approximate surface area is 141 Å². The van der Waals surface area contributed by atoms with Crippen LogP contribution >= 0.6 is 0 Å². The molecule has 0 aromatic carbocycles. The van der Waals surface area contributed by atoms with Crippen LogP contribution in [0.2, 0.25) is 0 Å². The van der Waals surface area contributed by atoms with Crippen molar-refractivity contribution in [3.05, 3.63) is 0 Å². The third-order valence-corrected chi connectivity index (χ3v) is 9.09. The smallest absolute Gasteiger partial charge is 0.133 e. The van der Waals surface area contributed by atoms with Crippen LogP contribution < -0.4 is 0 Å². The van der Waals surface area contributed by atoms with Crippen molar-refractivity contribution in [3.63, 3.8) is 0 Å². The summed E-state index contributed by atoms with van der Waals surface area (Å²) in [6, 6.07) is 0. The van der Waals surface area contributed by atoms with Gasteiger partial charge in [0.05, 0.1) is 6.10 Å². The maximum absolute atomic E-state index is 12.2. The SMILES string of the molecule is CC(=O)[C@@H]1CC[C@@H]2[C@H]3[C@H](O)C[C@H]4CCCC[C@@]4(C)[C@H]3CC[C@@]21C. The molecule has 0 bridgehead atoms. The fourth-order valence-corrected chi connectivity index (χ4v) is 7.92. The Bertz CT molecular complexity index is 500. The molecule has 0 aromatic heterocycles. The molecule has 2 heteroatoms. The summed E-state index contributed by atoms with van der Waals surface area (Å²) in [4.78, 5) is 12.2. The van der Waals surface area contributed by atoms with Gasteiger partial charge >= 0.3 is 0 Å². The monoisotopic (exact) mass is 318 g/mol. The lowest BCUT2D eigenvalue weighted by molar-refractivity contribution is -0.164. The first kappa shape index (κ1) is 16.1. The van der Waals surface area contributed by atoms with Crippen LogP contribution in [0.3, 0.4) is 0 Å². The van der Waals surface area contributed by atoms with Crippen LogP contribution in [-0.4, -0.2) is 17.0 Å². The van der Waals surface area contributed by atoms with Crippen molar-refractivity contribution in [1.82, 2.24) is 0 Å². The van der Waals surface area contributed by atoms with Gasteiger partial charge in [-0.05, 0) is 86.4 Å². The number of Topliss-reactive ketones (excluding diaryl/α,β-unsaturated/α-hetero) is 1. The molecule has 4 aliphatic carbocycles. The summed E-state index contributed by atoms with van der Waals surface area (Å²) in [5.74, 6) is 3.10. The second kappa shape index (κ2) is 5.31. The third-order valence-electron chi connectivity index (χ3n) is 9.09. The fraction of sp³-hybridized carbons (Fsp3) is 0.952. The highest BCUT2D eigenvalue weighted by Gasteiger charge is 2.62. The Morgan fingerprint density at radius 3 is 2.43 bits per heavy atom. The van der Waals surface area contributed by atoms with Crippen LogP contribution in [0.5, 0.6) is 0 Å². The topological polar surface area (TPSA) is 37.3 Å². The van der Waals surface area contributed by atoms with E-state index in [0.717, 1.165) is 18.8 Å². The minimum Gasteiger partial charge on any atom is -0.393 e. The van der Waals surface area contributed by atoms with Gasteiger partial charge in [-0.2, -0.15) is 0 Å². The predicted octanol–water partition coefficient (Wildman–Crippen LogP) is 4.60. The number of hydrogen-bond donors (Lipinski definition) is 1. The van der Waals surface area contributed by atoms with Gasteiger partial charge in [-0.1, -0.05) is 26.7 Å². The molecule has 4 rings (SSSR count). The minimum absolute atomic E-state index is 0.119. The molecule has 130 valence electrons. The number of aliphatic hydroxyl groups is 1. The molecule has 0 spiro atoms. The number of carbonyl (C=O) groups is 1. The van der Waals surface area contributed by atoms with E-state index < -0.39 is 0 Å². The molecule has 8 atom stereocenters. The van der Waals surface area contributed by atoms with Gasteiger partial charge in [0.2, 0.25) is 0 Å². The Kier molecular flexibility index (Phi) is 3.72. The van der Waals surface area contributed by atoms with Gasteiger partial charge in [0, 0.05) is 5.92 Å². The van der Waals surface area contributed by atoms with E-state index in [1.54, 1.807) is 6.92 Å². The number of aliphatic hydroxyl groups excluding tert-OH is 1. The van der Waals surface area contributed by atoms with Crippen molar-refractivity contribution in [2.45, 2.75) is 84.7 Å². The number of carbonyl (C=O) groups excluding carboxylic acids is 1. The summed E-state index contributed by atoms with van der Waals surface area (Å²) in [7, 11) is 0. The van der Waals surface area contributed by atoms with E-state index in [9.17, 15) is 9.90 Å². The lowest BCUT2D eigenvalue weighted by Gasteiger charge is -2.61. The molecule has 4 saturated carbocycles. The number of hydrogen-bond acceptors (Lipinski definition) is 2. The lowest BCUT2D eigenvalue weighted by Crippen LogP contribution is -2.57. The van der Waals surface area contributed by atoms with E-state index in [4.69, 9.17) is 0 Å². The van der Waals surface area contributed by atoms with E-state index in [2.05, 4.69) is 13.8 Å². The van der Waals surface area contributed by atoms with Crippen molar-refractivity contribution in [2.24, 2.45) is 40.4 Å². The highest BCUT2D eigenvalue weighted by atomic mass is 16.3. The van der Waals surface area contributed by atoms with Gasteiger partial charge < -0.3 is 5.11 Å². The van der Waals surface area contributed by atoms with E-state index >= 15 is 0 Å². The summed E-state index contributed by atoms with van der Waals surface area (Å²) >= 11 is 0. The second-order valence-electron chi connectivity index (χ2n) is 9.83. The molecule has 2 nitrogen and oxygen atoms in total. The maximum atomic E-state index is 12.2. The van der Waals surface area contributed by atoms with Gasteiger partial charge in [-0.3, -0.25) is 4.79 Å². The Hall–Kier alpha value is -0.370. The first-order valence-corrected chi connectivity index (χ1v) is 10.1. The van der Waals surface area contributed by atoms with E-state index in [1.807, 2.05) is 0 Å². The third kappa shape index (κ3) is 2.12. The average molecular weight is 319 g/mol. The van der Waals surface area contributed by atoms with Crippen molar-refractivity contribution >= 4 is 5.78 Å². The second-order valence-corrected chi connectivity index (χ2v) is 9.83. The highest BCUT2D eigenvalue weighted by Crippen LogP contribution is 2.67. The molecule has 0 unspecified atom stereocenters. The molecule has 23 heavy (non-hydrogen) atoms. The van der Waals surface area contributed by atoms with Gasteiger partial charge in [0.15, 0.2) is 0 Å². The largest absolute Gasteiger partial charge is 0.393 e. The van der Waals surface area contributed by atoms with Gasteiger partial charge in [-0.25, -0.2) is 0 Å². The molecule has 0 amide bonds. The minimum atomic E-state index is -0.119. The summed E-state index contributed by atoms with van der Waals surface area (Å²) in [5.41, 5.74) is 0.615. The molecule has 4 fully saturated rings. The van der Waals surface area contributed by atoms with Crippen LogP contribution in [0.1, 0.15) is 78.6 Å². The number of fused-ring (bicyclic) bond motifs is 5. The fourth-order valence-electron chi connectivity index (χ4n) is 7.92. The lowest BCUT2D eigenvalue weighted by atomic mass is 9.44. The predicted molar refractivity (Wildman–Crippen MR) is 91.9 cm³/mol. The molecule has 4 aliphatic rings. The summed E-state index contributed by atoms with van der Waals surface area (Å²) < 4.78 is 0. The average Bonchev–Trinajstić information content (AvgIpc) is 2.85. The standard InChI is InChI=1S/C21H34O2/c1-13(22)15-7-8-16-19-17(9-11-21(15,16)3)20(2)10-5-4-6-14(20)12-18(19)23/h14-19,23H,4-12H2,1-3H3/t14-,15+,16-,17+,18-,19-,20-,21-/m1/s1. The normalized spacial score (nSPS) is 55.7. The molecule has 0 aliphatic heterocycles. The van der Waals surface area contributed by atoms with Gasteiger partial charge in [0.25, 0.3) is 0 Å². The van der Waals surface area contributed by atoms with Crippen molar-refractivity contribution in [3.8, 4) is 0 Å². The molecule has 1 N–H and O–H groups in total. The Morgan fingerprint density at radius 2 is 1.70 bits per heavy atom. The first-order valence-electron chi connectivity index (χ1n) is 10.1. The zero-order valence-corrected chi connectivity index (χ0v) is 15.2. The maximum Gasteiger partial charge on any atom is 0.133 e. The Morgan fingerprint density at radius 1 is 0.957 bits per heavy atom. The van der Waals surface area contributed by atoms with E-state index in [-0.39, 0.29) is 17.4 Å². The molecule has 0 radical (unpaired) electrons. The Balaban J connectivity index is 1.68. The van der Waals surface area contributed by atoms with Gasteiger partial charge in [0.1, 0.15) is 5.78 Å².